The molecule has 0 aliphatic heterocycles. The molecule has 2 aromatic rings. The molecule has 0 amide bonds. The number of non-ortho nitro benzene ring substituents is 1. The van der Waals surface area contributed by atoms with Crippen LogP contribution in [0.3, 0.4) is 0 Å². The smallest absolute Gasteiger partial charge is 0.269 e. The van der Waals surface area contributed by atoms with Gasteiger partial charge in [-0.2, -0.15) is 0 Å². The van der Waals surface area contributed by atoms with Crippen LogP contribution in [0.2, 0.25) is 0 Å². The van der Waals surface area contributed by atoms with E-state index in [9.17, 15) is 10.1 Å². The summed E-state index contributed by atoms with van der Waals surface area (Å²) in [6.07, 6.45) is 0. The number of nitro groups is 1. The van der Waals surface area contributed by atoms with Crippen LogP contribution in [-0.4, -0.2) is 9.91 Å². The van der Waals surface area contributed by atoms with E-state index in [-0.39, 0.29) is 16.7 Å². The van der Waals surface area contributed by atoms with Gasteiger partial charge in [-0.05, 0) is 25.5 Å². The molecule has 5 nitrogen and oxygen atoms in total. The second kappa shape index (κ2) is 5.14. The van der Waals surface area contributed by atoms with Gasteiger partial charge in [0, 0.05) is 23.2 Å². The molecule has 6 heteroatoms. The van der Waals surface area contributed by atoms with Gasteiger partial charge in [-0.3, -0.25) is 10.1 Å². The molecule has 0 radical (unpaired) electrons. The standard InChI is InChI=1S/C12H13N3O2S/c1-8-5-10(15(16)17)3-4-11(8)14-9(2)12-6-18-7-13-12/h3-7,9,14H,1-2H3. The van der Waals surface area contributed by atoms with Crippen molar-refractivity contribution in [2.24, 2.45) is 0 Å². The van der Waals surface area contributed by atoms with Crippen LogP contribution in [0.4, 0.5) is 11.4 Å². The van der Waals surface area contributed by atoms with Gasteiger partial charge in [-0.15, -0.1) is 11.3 Å². The number of thiazole rings is 1. The fourth-order valence-corrected chi connectivity index (χ4v) is 2.31. The first-order valence-electron chi connectivity index (χ1n) is 5.47. The average Bonchev–Trinajstić information content (AvgIpc) is 2.85. The molecule has 1 aromatic carbocycles. The summed E-state index contributed by atoms with van der Waals surface area (Å²) in [5.41, 5.74) is 4.61. The summed E-state index contributed by atoms with van der Waals surface area (Å²) >= 11 is 1.55. The lowest BCUT2D eigenvalue weighted by Gasteiger charge is -2.15. The first kappa shape index (κ1) is 12.5. The number of aryl methyl sites for hydroxylation is 1. The fourth-order valence-electron chi connectivity index (χ4n) is 1.67. The van der Waals surface area contributed by atoms with E-state index in [2.05, 4.69) is 10.3 Å². The van der Waals surface area contributed by atoms with Gasteiger partial charge >= 0.3 is 0 Å². The predicted molar refractivity (Wildman–Crippen MR) is 72.0 cm³/mol. The Morgan fingerprint density at radius 3 is 2.83 bits per heavy atom. The molecule has 1 heterocycles. The van der Waals surface area contributed by atoms with Crippen LogP contribution in [0.1, 0.15) is 24.2 Å². The van der Waals surface area contributed by atoms with E-state index >= 15 is 0 Å². The Balaban J connectivity index is 2.17. The molecule has 0 saturated heterocycles. The highest BCUT2D eigenvalue weighted by atomic mass is 32.1. The molecule has 0 bridgehead atoms. The van der Waals surface area contributed by atoms with E-state index in [4.69, 9.17) is 0 Å². The van der Waals surface area contributed by atoms with Gasteiger partial charge in [0.2, 0.25) is 0 Å². The lowest BCUT2D eigenvalue weighted by atomic mass is 10.1. The van der Waals surface area contributed by atoms with Gasteiger partial charge in [0.15, 0.2) is 0 Å². The van der Waals surface area contributed by atoms with Crippen molar-refractivity contribution in [3.05, 3.63) is 50.5 Å². The Bertz CT molecular complexity index is 554. The van der Waals surface area contributed by atoms with Crippen LogP contribution in [0.25, 0.3) is 0 Å². The van der Waals surface area contributed by atoms with Crippen molar-refractivity contribution >= 4 is 22.7 Å². The Hall–Kier alpha value is -1.95. The maximum atomic E-state index is 10.6. The molecule has 0 aliphatic carbocycles. The molecule has 18 heavy (non-hydrogen) atoms. The molecule has 1 aromatic heterocycles. The minimum absolute atomic E-state index is 0.0800. The number of rotatable bonds is 4. The quantitative estimate of drug-likeness (QED) is 0.676. The zero-order valence-electron chi connectivity index (χ0n) is 10.1. The van der Waals surface area contributed by atoms with Crippen molar-refractivity contribution in [1.82, 2.24) is 4.98 Å². The Labute approximate surface area is 109 Å². The van der Waals surface area contributed by atoms with Crippen molar-refractivity contribution in [2.75, 3.05) is 5.32 Å². The average molecular weight is 263 g/mol. The molecule has 0 fully saturated rings. The lowest BCUT2D eigenvalue weighted by Crippen LogP contribution is -2.08. The van der Waals surface area contributed by atoms with Gasteiger partial charge in [-0.1, -0.05) is 0 Å². The van der Waals surface area contributed by atoms with E-state index in [1.165, 1.54) is 6.07 Å². The summed E-state index contributed by atoms with van der Waals surface area (Å²) in [7, 11) is 0. The Morgan fingerprint density at radius 1 is 1.50 bits per heavy atom. The van der Waals surface area contributed by atoms with Crippen LogP contribution < -0.4 is 5.32 Å². The monoisotopic (exact) mass is 263 g/mol. The predicted octanol–water partition coefficient (Wildman–Crippen LogP) is 3.53. The van der Waals surface area contributed by atoms with Crippen molar-refractivity contribution in [3.63, 3.8) is 0 Å². The van der Waals surface area contributed by atoms with Crippen molar-refractivity contribution < 1.29 is 4.92 Å². The van der Waals surface area contributed by atoms with Crippen LogP contribution in [0.15, 0.2) is 29.1 Å². The highest BCUT2D eigenvalue weighted by Crippen LogP contribution is 2.25. The van der Waals surface area contributed by atoms with Gasteiger partial charge < -0.3 is 5.32 Å². The molecule has 1 unspecified atom stereocenters. The first-order valence-corrected chi connectivity index (χ1v) is 6.42. The van der Waals surface area contributed by atoms with E-state index in [0.717, 1.165) is 16.9 Å². The minimum atomic E-state index is -0.388. The third-order valence-electron chi connectivity index (χ3n) is 2.69. The molecule has 0 saturated carbocycles. The normalized spacial score (nSPS) is 12.1. The third-order valence-corrected chi connectivity index (χ3v) is 3.29. The van der Waals surface area contributed by atoms with Gasteiger partial charge in [-0.25, -0.2) is 4.98 Å². The summed E-state index contributed by atoms with van der Waals surface area (Å²) in [6, 6.07) is 4.88. The summed E-state index contributed by atoms with van der Waals surface area (Å²) in [5.74, 6) is 0. The van der Waals surface area contributed by atoms with Crippen molar-refractivity contribution in [3.8, 4) is 0 Å². The summed E-state index contributed by atoms with van der Waals surface area (Å²) in [6.45, 7) is 3.86. The van der Waals surface area contributed by atoms with Crippen molar-refractivity contribution in [1.29, 1.82) is 0 Å². The van der Waals surface area contributed by atoms with Gasteiger partial charge in [0.25, 0.3) is 5.69 Å². The Kier molecular flexibility index (Phi) is 3.57. The second-order valence-corrected chi connectivity index (χ2v) is 4.75. The molecule has 0 spiro atoms. The molecule has 1 N–H and O–H groups in total. The van der Waals surface area contributed by atoms with Crippen LogP contribution in [0.5, 0.6) is 0 Å². The van der Waals surface area contributed by atoms with E-state index in [1.54, 1.807) is 29.0 Å². The number of hydrogen-bond acceptors (Lipinski definition) is 5. The highest BCUT2D eigenvalue weighted by molar-refractivity contribution is 7.07. The Morgan fingerprint density at radius 2 is 2.28 bits per heavy atom. The van der Waals surface area contributed by atoms with Crippen LogP contribution in [-0.2, 0) is 0 Å². The number of nitrogens with zero attached hydrogens (tertiary/aromatic N) is 2. The minimum Gasteiger partial charge on any atom is -0.377 e. The number of aromatic nitrogens is 1. The first-order chi connectivity index (χ1) is 8.58. The largest absolute Gasteiger partial charge is 0.377 e. The molecule has 2 rings (SSSR count). The zero-order chi connectivity index (χ0) is 13.1. The summed E-state index contributed by atoms with van der Waals surface area (Å²) in [4.78, 5) is 14.5. The molecular formula is C12H13N3O2S. The van der Waals surface area contributed by atoms with Gasteiger partial charge in [0.05, 0.1) is 22.2 Å². The number of nitrogens with one attached hydrogen (secondary N) is 1. The highest BCUT2D eigenvalue weighted by Gasteiger charge is 2.11. The lowest BCUT2D eigenvalue weighted by molar-refractivity contribution is -0.384. The number of nitro benzene ring substituents is 1. The van der Waals surface area contributed by atoms with Crippen molar-refractivity contribution in [2.45, 2.75) is 19.9 Å². The van der Waals surface area contributed by atoms with Crippen LogP contribution in [0, 0.1) is 17.0 Å². The molecule has 94 valence electrons. The third kappa shape index (κ3) is 2.65. The van der Waals surface area contributed by atoms with Gasteiger partial charge in [0.1, 0.15) is 0 Å². The van der Waals surface area contributed by atoms with E-state index in [1.807, 2.05) is 19.2 Å². The molecule has 1 atom stereocenters. The zero-order valence-corrected chi connectivity index (χ0v) is 10.9. The fraction of sp³-hybridized carbons (Fsp3) is 0.250. The maximum Gasteiger partial charge on any atom is 0.269 e. The second-order valence-electron chi connectivity index (χ2n) is 4.04. The number of anilines is 1. The van der Waals surface area contributed by atoms with Crippen LogP contribution >= 0.6 is 11.3 Å². The molecular weight excluding hydrogens is 250 g/mol. The summed E-state index contributed by atoms with van der Waals surface area (Å²) < 4.78 is 0. The molecule has 0 aliphatic rings. The number of benzene rings is 1. The van der Waals surface area contributed by atoms with E-state index in [0.29, 0.717) is 0 Å². The van der Waals surface area contributed by atoms with E-state index < -0.39 is 0 Å². The summed E-state index contributed by atoms with van der Waals surface area (Å²) in [5, 5.41) is 15.9. The maximum absolute atomic E-state index is 10.6. The topological polar surface area (TPSA) is 68.1 Å². The number of hydrogen-bond donors (Lipinski definition) is 1. The SMILES string of the molecule is Cc1cc([N+](=O)[O-])ccc1NC(C)c1cscn1.